The van der Waals surface area contributed by atoms with Gasteiger partial charge in [-0.3, -0.25) is 5.73 Å². The number of halogens is 2. The number of hydrogen-bond acceptors (Lipinski definition) is 8. The maximum Gasteiger partial charge on any atom is 0.387 e. The lowest BCUT2D eigenvalue weighted by atomic mass is 9.97. The summed E-state index contributed by atoms with van der Waals surface area (Å²) in [4.78, 5) is 9.09. The fraction of sp³-hybridized carbons (Fsp3) is 0.391. The van der Waals surface area contributed by atoms with Gasteiger partial charge in [-0.05, 0) is 30.5 Å². The molecule has 9 nitrogen and oxygen atoms in total. The van der Waals surface area contributed by atoms with Crippen LogP contribution in [0.5, 0.6) is 5.75 Å². The molecule has 1 aliphatic rings. The van der Waals surface area contributed by atoms with E-state index in [0.717, 1.165) is 11.3 Å². The maximum atomic E-state index is 13.3. The van der Waals surface area contributed by atoms with Gasteiger partial charge in [0.2, 0.25) is 5.79 Å². The van der Waals surface area contributed by atoms with E-state index >= 15 is 0 Å². The highest BCUT2D eigenvalue weighted by Crippen LogP contribution is 2.39. The lowest BCUT2D eigenvalue weighted by Crippen LogP contribution is -2.45. The lowest BCUT2D eigenvalue weighted by molar-refractivity contribution is -0.0508. The van der Waals surface area contributed by atoms with Crippen LogP contribution in [0.3, 0.4) is 0 Å². The largest absolute Gasteiger partial charge is 0.434 e. The Hall–Kier alpha value is -3.60. The Morgan fingerprint density at radius 3 is 2.68 bits per heavy atom. The van der Waals surface area contributed by atoms with Crippen LogP contribution in [-0.4, -0.2) is 39.1 Å². The van der Waals surface area contributed by atoms with Crippen molar-refractivity contribution in [1.82, 2.24) is 19.7 Å². The summed E-state index contributed by atoms with van der Waals surface area (Å²) in [6, 6.07) is 6.65. The third kappa shape index (κ3) is 4.84. The number of aliphatic imine (C=N–C) groups is 1. The van der Waals surface area contributed by atoms with E-state index in [-0.39, 0.29) is 16.7 Å². The Balaban J connectivity index is 1.76. The highest BCUT2D eigenvalue weighted by molar-refractivity contribution is 5.94. The third-order valence-corrected chi connectivity index (χ3v) is 5.26. The zero-order valence-electron chi connectivity index (χ0n) is 19.7. The van der Waals surface area contributed by atoms with Crippen LogP contribution in [0.1, 0.15) is 37.6 Å². The van der Waals surface area contributed by atoms with E-state index in [0.29, 0.717) is 29.4 Å². The average Bonchev–Trinajstić information content (AvgIpc) is 3.17. The molecule has 2 aromatic heterocycles. The smallest absolute Gasteiger partial charge is 0.387 e. The van der Waals surface area contributed by atoms with Gasteiger partial charge in [-0.1, -0.05) is 26.8 Å². The number of ether oxygens (including phenoxy) is 1. The van der Waals surface area contributed by atoms with Gasteiger partial charge < -0.3 is 19.9 Å². The number of aryl methyl sites for hydroxylation is 2. The summed E-state index contributed by atoms with van der Waals surface area (Å²) in [5.74, 6) is -0.575. The molecule has 0 bridgehead atoms. The fourth-order valence-electron chi connectivity index (χ4n) is 3.65. The third-order valence-electron chi connectivity index (χ3n) is 5.26. The molecule has 4 rings (SSSR count). The first-order valence-corrected chi connectivity index (χ1v) is 10.8. The molecule has 11 heteroatoms. The summed E-state index contributed by atoms with van der Waals surface area (Å²) < 4.78 is 33.2. The number of hydrogen-bond donors (Lipinski definition) is 3. The molecule has 34 heavy (non-hydrogen) atoms. The molecule has 1 unspecified atom stereocenters. The number of aromatic nitrogens is 4. The van der Waals surface area contributed by atoms with Gasteiger partial charge in [-0.15, -0.1) is 10.2 Å². The van der Waals surface area contributed by atoms with Crippen molar-refractivity contribution in [3.05, 3.63) is 47.4 Å². The molecule has 0 spiro atoms. The molecule has 0 saturated carbocycles. The Morgan fingerprint density at radius 2 is 2.03 bits per heavy atom. The first-order chi connectivity index (χ1) is 15.9. The number of rotatable bonds is 6. The van der Waals surface area contributed by atoms with Gasteiger partial charge in [0.15, 0.2) is 11.6 Å². The number of fused-ring (bicyclic) bond motifs is 1. The van der Waals surface area contributed by atoms with E-state index in [4.69, 9.17) is 10.5 Å². The van der Waals surface area contributed by atoms with Gasteiger partial charge in [0.25, 0.3) is 0 Å². The standard InChI is InChI=1S/C23H28F2N8O/c1-13-8-15-10-28-23(26,31-18(15)19(30-13)27-11-22(2,3)4)16-7-6-14(9-17(16)34-21(24)25)20-32-29-12-33(20)5/h6-10,12,21,31H,11,26H2,1-5H3,(H,27,30). The van der Waals surface area contributed by atoms with Gasteiger partial charge in [0, 0.05) is 36.6 Å². The van der Waals surface area contributed by atoms with Crippen LogP contribution in [0, 0.1) is 12.3 Å². The topological polar surface area (TPSA) is 115 Å². The van der Waals surface area contributed by atoms with Crippen LogP contribution < -0.4 is 21.1 Å². The predicted octanol–water partition coefficient (Wildman–Crippen LogP) is 3.86. The molecule has 0 amide bonds. The minimum atomic E-state index is -3.05. The van der Waals surface area contributed by atoms with Crippen molar-refractivity contribution < 1.29 is 13.5 Å². The van der Waals surface area contributed by atoms with Gasteiger partial charge in [-0.25, -0.2) is 9.98 Å². The Morgan fingerprint density at radius 1 is 1.26 bits per heavy atom. The van der Waals surface area contributed by atoms with Crippen molar-refractivity contribution in [1.29, 1.82) is 0 Å². The predicted molar refractivity (Wildman–Crippen MR) is 127 cm³/mol. The number of nitrogens with zero attached hydrogens (tertiary/aromatic N) is 5. The molecule has 1 aliphatic heterocycles. The number of alkyl halides is 2. The van der Waals surface area contributed by atoms with Crippen LogP contribution in [0.4, 0.5) is 20.3 Å². The summed E-state index contributed by atoms with van der Waals surface area (Å²) in [6.07, 6.45) is 3.14. The molecule has 3 heterocycles. The van der Waals surface area contributed by atoms with Crippen LogP contribution >= 0.6 is 0 Å². The van der Waals surface area contributed by atoms with Crippen molar-refractivity contribution in [2.24, 2.45) is 23.2 Å². The molecular weight excluding hydrogens is 442 g/mol. The maximum absolute atomic E-state index is 13.3. The highest BCUT2D eigenvalue weighted by atomic mass is 19.3. The minimum Gasteiger partial charge on any atom is -0.434 e. The van der Waals surface area contributed by atoms with Gasteiger partial charge in [-0.2, -0.15) is 8.78 Å². The highest BCUT2D eigenvalue weighted by Gasteiger charge is 2.35. The Kier molecular flexibility index (Phi) is 5.98. The second-order valence-electron chi connectivity index (χ2n) is 9.50. The normalized spacial score (nSPS) is 17.4. The first kappa shape index (κ1) is 23.6. The number of anilines is 2. The summed E-state index contributed by atoms with van der Waals surface area (Å²) >= 11 is 0. The van der Waals surface area contributed by atoms with Crippen LogP contribution in [0.25, 0.3) is 11.4 Å². The summed E-state index contributed by atoms with van der Waals surface area (Å²) in [5, 5.41) is 14.4. The molecule has 0 saturated heterocycles. The average molecular weight is 471 g/mol. The summed E-state index contributed by atoms with van der Waals surface area (Å²) in [5.41, 5.74) is 9.66. The van der Waals surface area contributed by atoms with Crippen molar-refractivity contribution >= 4 is 17.7 Å². The number of nitrogens with one attached hydrogen (secondary N) is 2. The monoisotopic (exact) mass is 470 g/mol. The van der Waals surface area contributed by atoms with Gasteiger partial charge in [0.05, 0.1) is 11.3 Å². The van der Waals surface area contributed by atoms with Crippen molar-refractivity contribution in [3.8, 4) is 17.1 Å². The molecule has 180 valence electrons. The van der Waals surface area contributed by atoms with E-state index in [2.05, 4.69) is 51.6 Å². The molecule has 4 N–H and O–H groups in total. The van der Waals surface area contributed by atoms with Crippen LogP contribution in [0.15, 0.2) is 35.6 Å². The SMILES string of the molecule is Cc1cc2c(c(NCC(C)(C)C)n1)NC(N)(c1ccc(-c3nncn3C)cc1OC(F)F)N=C2. The lowest BCUT2D eigenvalue weighted by Gasteiger charge is -2.34. The second kappa shape index (κ2) is 8.64. The Labute approximate surface area is 196 Å². The first-order valence-electron chi connectivity index (χ1n) is 10.8. The van der Waals surface area contributed by atoms with E-state index in [1.54, 1.807) is 30.0 Å². The molecule has 1 aromatic carbocycles. The van der Waals surface area contributed by atoms with E-state index in [1.807, 2.05) is 13.0 Å². The zero-order valence-corrected chi connectivity index (χ0v) is 19.7. The molecule has 1 atom stereocenters. The van der Waals surface area contributed by atoms with Crippen molar-refractivity contribution in [2.45, 2.75) is 40.1 Å². The summed E-state index contributed by atoms with van der Waals surface area (Å²) in [6.45, 7) is 5.83. The van der Waals surface area contributed by atoms with E-state index in [1.165, 1.54) is 12.4 Å². The minimum absolute atomic E-state index is 0.00874. The molecule has 0 aliphatic carbocycles. The van der Waals surface area contributed by atoms with Gasteiger partial charge in [0.1, 0.15) is 12.1 Å². The van der Waals surface area contributed by atoms with Gasteiger partial charge >= 0.3 is 6.61 Å². The molecule has 3 aromatic rings. The van der Waals surface area contributed by atoms with E-state index in [9.17, 15) is 8.78 Å². The van der Waals surface area contributed by atoms with Crippen molar-refractivity contribution in [3.63, 3.8) is 0 Å². The number of nitrogens with two attached hydrogens (primary N) is 1. The fourth-order valence-corrected chi connectivity index (χ4v) is 3.65. The molecular formula is C23H28F2N8O. The Bertz CT molecular complexity index is 1230. The second-order valence-corrected chi connectivity index (χ2v) is 9.50. The number of pyridine rings is 1. The van der Waals surface area contributed by atoms with Crippen molar-refractivity contribution in [2.75, 3.05) is 17.2 Å². The van der Waals surface area contributed by atoms with Crippen LogP contribution in [-0.2, 0) is 12.8 Å². The number of benzene rings is 1. The van der Waals surface area contributed by atoms with E-state index < -0.39 is 12.4 Å². The zero-order chi connectivity index (χ0) is 24.7. The quantitative estimate of drug-likeness (QED) is 0.501. The molecule has 0 radical (unpaired) electrons. The van der Waals surface area contributed by atoms with Crippen LogP contribution in [0.2, 0.25) is 0 Å². The molecule has 0 fully saturated rings. The summed E-state index contributed by atoms with van der Waals surface area (Å²) in [7, 11) is 1.76.